The van der Waals surface area contributed by atoms with Gasteiger partial charge in [0.1, 0.15) is 17.1 Å². The fourth-order valence-electron chi connectivity index (χ4n) is 3.53. The average Bonchev–Trinajstić information content (AvgIpc) is 2.96. The average molecular weight is 568 g/mol. The van der Waals surface area contributed by atoms with E-state index in [9.17, 15) is 23.1 Å². The van der Waals surface area contributed by atoms with Gasteiger partial charge in [-0.05, 0) is 67.4 Å². The number of pyridine rings is 1. The number of sulfonamides is 1. The lowest BCUT2D eigenvalue weighted by atomic mass is 10.2. The number of hydrogen-bond acceptors (Lipinski definition) is 9. The summed E-state index contributed by atoms with van der Waals surface area (Å²) >= 11 is 0. The second-order valence-corrected chi connectivity index (χ2v) is 10.6. The fourth-order valence-corrected chi connectivity index (χ4v) is 4.54. The van der Waals surface area contributed by atoms with Crippen LogP contribution in [0.25, 0.3) is 0 Å². The number of aromatic nitrogens is 1. The summed E-state index contributed by atoms with van der Waals surface area (Å²) in [4.78, 5) is 30.9. The lowest BCUT2D eigenvalue weighted by molar-refractivity contribution is -0.134. The standard InChI is InChI=1S/C28H33N5O6S/c1-3-5-17-33(18-6-4-2)27(35)20-39-28(36)24-19-22(12-15-25(24)34)31-30-21-10-13-23(14-11-21)40(37,38)32-26-9-7-8-16-29-26/h7-16,19,34H,3-6,17-18,20H2,1-2H3,(H,29,32). The molecule has 1 heterocycles. The van der Waals surface area contributed by atoms with Crippen LogP contribution in [-0.4, -0.2) is 55.0 Å². The van der Waals surface area contributed by atoms with E-state index in [1.54, 1.807) is 17.0 Å². The Balaban J connectivity index is 1.64. The molecule has 1 aromatic heterocycles. The van der Waals surface area contributed by atoms with E-state index in [0.29, 0.717) is 18.8 Å². The first kappa shape index (κ1) is 30.2. The van der Waals surface area contributed by atoms with Gasteiger partial charge in [0.25, 0.3) is 15.9 Å². The summed E-state index contributed by atoms with van der Waals surface area (Å²) in [5.41, 5.74) is 0.455. The van der Waals surface area contributed by atoms with Crippen LogP contribution in [0.3, 0.4) is 0 Å². The maximum atomic E-state index is 12.6. The van der Waals surface area contributed by atoms with Crippen LogP contribution in [0.15, 0.2) is 82.0 Å². The van der Waals surface area contributed by atoms with E-state index < -0.39 is 22.6 Å². The molecule has 0 aliphatic rings. The number of amides is 1. The monoisotopic (exact) mass is 567 g/mol. The molecule has 12 heteroatoms. The van der Waals surface area contributed by atoms with Crippen LogP contribution >= 0.6 is 0 Å². The molecule has 1 amide bonds. The molecule has 0 aliphatic heterocycles. The van der Waals surface area contributed by atoms with Crippen LogP contribution in [0.4, 0.5) is 17.2 Å². The Kier molecular flexibility index (Phi) is 11.1. The maximum Gasteiger partial charge on any atom is 0.342 e. The van der Waals surface area contributed by atoms with Crippen molar-refractivity contribution in [1.29, 1.82) is 0 Å². The van der Waals surface area contributed by atoms with E-state index in [1.807, 2.05) is 13.8 Å². The molecule has 212 valence electrons. The van der Waals surface area contributed by atoms with E-state index in [2.05, 4.69) is 19.9 Å². The van der Waals surface area contributed by atoms with Gasteiger partial charge in [-0.2, -0.15) is 10.2 Å². The molecule has 0 aliphatic carbocycles. The van der Waals surface area contributed by atoms with Crippen molar-refractivity contribution >= 4 is 39.1 Å². The number of hydrogen-bond donors (Lipinski definition) is 2. The van der Waals surface area contributed by atoms with Crippen molar-refractivity contribution in [3.8, 4) is 5.75 Å². The van der Waals surface area contributed by atoms with Crippen molar-refractivity contribution in [2.24, 2.45) is 10.2 Å². The van der Waals surface area contributed by atoms with Crippen LogP contribution in [0.2, 0.25) is 0 Å². The fraction of sp³-hybridized carbons (Fsp3) is 0.321. The largest absolute Gasteiger partial charge is 0.507 e. The number of nitrogens with zero attached hydrogens (tertiary/aromatic N) is 4. The van der Waals surface area contributed by atoms with Gasteiger partial charge in [0.2, 0.25) is 0 Å². The van der Waals surface area contributed by atoms with Crippen molar-refractivity contribution < 1.29 is 27.9 Å². The number of anilines is 1. The number of carbonyl (C=O) groups is 2. The topological polar surface area (TPSA) is 151 Å². The number of carbonyl (C=O) groups excluding carboxylic acids is 2. The van der Waals surface area contributed by atoms with Gasteiger partial charge in [-0.25, -0.2) is 18.2 Å². The normalized spacial score (nSPS) is 11.3. The van der Waals surface area contributed by atoms with Gasteiger partial charge in [-0.15, -0.1) is 0 Å². The smallest absolute Gasteiger partial charge is 0.342 e. The Labute approximate surface area is 234 Å². The van der Waals surface area contributed by atoms with E-state index in [4.69, 9.17) is 4.74 Å². The molecule has 0 bridgehead atoms. The lowest BCUT2D eigenvalue weighted by Gasteiger charge is -2.22. The van der Waals surface area contributed by atoms with Crippen LogP contribution in [0.1, 0.15) is 49.9 Å². The third-order valence-electron chi connectivity index (χ3n) is 5.77. The zero-order valence-electron chi connectivity index (χ0n) is 22.5. The highest BCUT2D eigenvalue weighted by Gasteiger charge is 2.19. The third-order valence-corrected chi connectivity index (χ3v) is 7.15. The highest BCUT2D eigenvalue weighted by atomic mass is 32.2. The predicted octanol–water partition coefficient (Wildman–Crippen LogP) is 5.59. The van der Waals surface area contributed by atoms with Crippen molar-refractivity contribution in [1.82, 2.24) is 9.88 Å². The predicted molar refractivity (Wildman–Crippen MR) is 150 cm³/mol. The molecule has 11 nitrogen and oxygen atoms in total. The molecule has 0 radical (unpaired) electrons. The summed E-state index contributed by atoms with van der Waals surface area (Å²) < 4.78 is 32.7. The first-order chi connectivity index (χ1) is 19.2. The number of esters is 1. The molecule has 40 heavy (non-hydrogen) atoms. The molecule has 2 N–H and O–H groups in total. The number of aromatic hydroxyl groups is 1. The number of ether oxygens (including phenoxy) is 1. The number of phenols is 1. The SMILES string of the molecule is CCCCN(CCCC)C(=O)COC(=O)c1cc(N=Nc2ccc(S(=O)(=O)Nc3ccccn3)cc2)ccc1O. The Morgan fingerprint density at radius 2 is 1.60 bits per heavy atom. The van der Waals surface area contributed by atoms with Gasteiger partial charge in [0.15, 0.2) is 6.61 Å². The molecule has 0 fully saturated rings. The molecule has 3 aromatic rings. The number of unbranched alkanes of at least 4 members (excludes halogenated alkanes) is 2. The minimum atomic E-state index is -3.83. The molecule has 0 saturated carbocycles. The van der Waals surface area contributed by atoms with Crippen molar-refractivity contribution in [2.75, 3.05) is 24.4 Å². The van der Waals surface area contributed by atoms with E-state index in [-0.39, 0.29) is 33.6 Å². The second-order valence-electron chi connectivity index (χ2n) is 8.88. The highest BCUT2D eigenvalue weighted by molar-refractivity contribution is 7.92. The Morgan fingerprint density at radius 1 is 0.950 bits per heavy atom. The van der Waals surface area contributed by atoms with Crippen LogP contribution in [0, 0.1) is 0 Å². The van der Waals surface area contributed by atoms with Crippen molar-refractivity contribution in [3.05, 3.63) is 72.4 Å². The van der Waals surface area contributed by atoms with Gasteiger partial charge >= 0.3 is 5.97 Å². The van der Waals surface area contributed by atoms with E-state index >= 15 is 0 Å². The summed E-state index contributed by atoms with van der Waals surface area (Å²) in [5.74, 6) is -1.27. The minimum Gasteiger partial charge on any atom is -0.507 e. The zero-order valence-corrected chi connectivity index (χ0v) is 23.3. The lowest BCUT2D eigenvalue weighted by Crippen LogP contribution is -2.36. The van der Waals surface area contributed by atoms with E-state index in [0.717, 1.165) is 25.7 Å². The summed E-state index contributed by atoms with van der Waals surface area (Å²) in [5, 5.41) is 18.3. The van der Waals surface area contributed by atoms with Crippen LogP contribution in [0.5, 0.6) is 5.75 Å². The zero-order chi connectivity index (χ0) is 29.0. The van der Waals surface area contributed by atoms with Gasteiger partial charge in [0, 0.05) is 19.3 Å². The molecule has 0 atom stereocenters. The molecule has 2 aromatic carbocycles. The molecular weight excluding hydrogens is 534 g/mol. The van der Waals surface area contributed by atoms with Gasteiger partial charge in [-0.3, -0.25) is 9.52 Å². The molecule has 0 spiro atoms. The summed E-state index contributed by atoms with van der Waals surface area (Å²) in [6.07, 6.45) is 5.08. The van der Waals surface area contributed by atoms with Crippen molar-refractivity contribution in [3.63, 3.8) is 0 Å². The Morgan fingerprint density at radius 3 is 2.23 bits per heavy atom. The number of benzene rings is 2. The first-order valence-electron chi connectivity index (χ1n) is 13.0. The minimum absolute atomic E-state index is 0.0178. The first-order valence-corrected chi connectivity index (χ1v) is 14.5. The summed E-state index contributed by atoms with van der Waals surface area (Å²) in [6, 6.07) is 14.6. The third kappa shape index (κ3) is 8.87. The summed E-state index contributed by atoms with van der Waals surface area (Å²) in [7, 11) is -3.83. The number of rotatable bonds is 14. The van der Waals surface area contributed by atoms with Gasteiger partial charge in [-0.1, -0.05) is 32.8 Å². The quantitative estimate of drug-likeness (QED) is 0.190. The van der Waals surface area contributed by atoms with Crippen LogP contribution in [-0.2, 0) is 19.6 Å². The van der Waals surface area contributed by atoms with Gasteiger partial charge < -0.3 is 14.7 Å². The molecule has 3 rings (SSSR count). The molecular formula is C28H33N5O6S. The van der Waals surface area contributed by atoms with Crippen LogP contribution < -0.4 is 4.72 Å². The Bertz CT molecular complexity index is 1400. The van der Waals surface area contributed by atoms with E-state index in [1.165, 1.54) is 54.7 Å². The van der Waals surface area contributed by atoms with Gasteiger partial charge in [0.05, 0.1) is 16.3 Å². The highest BCUT2D eigenvalue weighted by Crippen LogP contribution is 2.26. The molecule has 0 unspecified atom stereocenters. The number of nitrogens with one attached hydrogen (secondary N) is 1. The maximum absolute atomic E-state index is 12.6. The van der Waals surface area contributed by atoms with Crippen molar-refractivity contribution in [2.45, 2.75) is 44.4 Å². The summed E-state index contributed by atoms with van der Waals surface area (Å²) in [6.45, 7) is 4.85. The molecule has 0 saturated heterocycles. The number of phenolic OH excluding ortho intramolecular Hbond substituents is 1. The Hall–Kier alpha value is -4.32. The second kappa shape index (κ2) is 14.7. The number of azo groups is 1.